The molecular weight excluding hydrogens is 295 g/mol. The van der Waals surface area contributed by atoms with Crippen molar-refractivity contribution in [1.82, 2.24) is 15.6 Å². The van der Waals surface area contributed by atoms with E-state index in [1.807, 2.05) is 0 Å². The highest BCUT2D eigenvalue weighted by Gasteiger charge is 2.33. The summed E-state index contributed by atoms with van der Waals surface area (Å²) >= 11 is 0. The number of methoxy groups -OCH3 is 1. The maximum Gasteiger partial charge on any atom is 0.191 e. The Bertz CT molecular complexity index is 515. The molecule has 1 aliphatic carbocycles. The van der Waals surface area contributed by atoms with Crippen LogP contribution in [0.3, 0.4) is 0 Å². The lowest BCUT2D eigenvalue weighted by molar-refractivity contribution is 0.138. The molecule has 1 aromatic rings. The number of halogens is 1. The highest BCUT2D eigenvalue weighted by atomic mass is 19.1. The summed E-state index contributed by atoms with van der Waals surface area (Å²) in [5, 5.41) is 6.51. The summed E-state index contributed by atoms with van der Waals surface area (Å²) in [5.74, 6) is 0.376. The molecule has 1 fully saturated rings. The van der Waals surface area contributed by atoms with Gasteiger partial charge in [0.2, 0.25) is 0 Å². The normalized spacial score (nSPS) is 17.3. The Hall–Kier alpha value is -1.69. The van der Waals surface area contributed by atoms with E-state index in [1.165, 1.54) is 31.7 Å². The van der Waals surface area contributed by atoms with Crippen molar-refractivity contribution < 1.29 is 9.13 Å². The Morgan fingerprint density at radius 1 is 1.39 bits per heavy atom. The average Bonchev–Trinajstić information content (AvgIpc) is 3.04. The number of guanidine groups is 1. The maximum absolute atomic E-state index is 13.6. The number of hydrogen-bond donors (Lipinski definition) is 2. The second-order valence-electron chi connectivity index (χ2n) is 6.16. The van der Waals surface area contributed by atoms with Crippen LogP contribution in [0.25, 0.3) is 0 Å². The van der Waals surface area contributed by atoms with Gasteiger partial charge < -0.3 is 15.4 Å². The van der Waals surface area contributed by atoms with Crippen molar-refractivity contribution in [2.45, 2.75) is 38.6 Å². The van der Waals surface area contributed by atoms with Crippen LogP contribution in [0.4, 0.5) is 4.39 Å². The first kappa shape index (κ1) is 17.7. The first-order valence-electron chi connectivity index (χ1n) is 8.22. The number of aliphatic imine (C=N–C) groups is 1. The van der Waals surface area contributed by atoms with Gasteiger partial charge >= 0.3 is 0 Å². The van der Waals surface area contributed by atoms with Crippen molar-refractivity contribution >= 4 is 5.96 Å². The predicted octanol–water partition coefficient (Wildman–Crippen LogP) is 2.48. The zero-order valence-corrected chi connectivity index (χ0v) is 14.1. The molecule has 0 spiro atoms. The highest BCUT2D eigenvalue weighted by molar-refractivity contribution is 5.79. The first-order valence-corrected chi connectivity index (χ1v) is 8.22. The molecule has 1 heterocycles. The number of ether oxygens (including phenoxy) is 1. The van der Waals surface area contributed by atoms with Crippen LogP contribution in [0.5, 0.6) is 0 Å². The molecule has 0 saturated heterocycles. The summed E-state index contributed by atoms with van der Waals surface area (Å²) < 4.78 is 18.9. The zero-order valence-electron chi connectivity index (χ0n) is 14.1. The number of rotatable bonds is 7. The quantitative estimate of drug-likeness (QED) is 0.598. The van der Waals surface area contributed by atoms with E-state index in [9.17, 15) is 4.39 Å². The van der Waals surface area contributed by atoms with Crippen LogP contribution in [-0.2, 0) is 11.3 Å². The van der Waals surface area contributed by atoms with Gasteiger partial charge in [0.1, 0.15) is 5.82 Å². The van der Waals surface area contributed by atoms with Crippen molar-refractivity contribution in [2.24, 2.45) is 10.4 Å². The minimum atomic E-state index is -0.303. The first-order chi connectivity index (χ1) is 11.2. The minimum Gasteiger partial charge on any atom is -0.385 e. The molecule has 0 radical (unpaired) electrons. The molecular formula is C17H27FN4O. The van der Waals surface area contributed by atoms with Gasteiger partial charge in [-0.25, -0.2) is 4.39 Å². The monoisotopic (exact) mass is 322 g/mol. The lowest BCUT2D eigenvalue weighted by Gasteiger charge is -2.29. The van der Waals surface area contributed by atoms with Gasteiger partial charge in [-0.05, 0) is 36.8 Å². The third kappa shape index (κ3) is 5.16. The van der Waals surface area contributed by atoms with E-state index in [4.69, 9.17) is 4.74 Å². The van der Waals surface area contributed by atoms with Gasteiger partial charge in [0.05, 0.1) is 12.2 Å². The summed E-state index contributed by atoms with van der Waals surface area (Å²) in [4.78, 5) is 8.26. The number of nitrogens with zero attached hydrogens (tertiary/aromatic N) is 2. The van der Waals surface area contributed by atoms with Gasteiger partial charge in [-0.15, -0.1) is 0 Å². The molecule has 1 aromatic heterocycles. The van der Waals surface area contributed by atoms with Crippen molar-refractivity contribution in [3.05, 3.63) is 29.8 Å². The van der Waals surface area contributed by atoms with Crippen molar-refractivity contribution in [1.29, 1.82) is 0 Å². The summed E-state index contributed by atoms with van der Waals surface area (Å²) in [5.41, 5.74) is 0.676. The molecule has 0 aliphatic heterocycles. The summed E-state index contributed by atoms with van der Waals surface area (Å²) in [7, 11) is 3.47. The van der Waals surface area contributed by atoms with Gasteiger partial charge in [-0.2, -0.15) is 0 Å². The third-order valence-corrected chi connectivity index (χ3v) is 4.61. The summed E-state index contributed by atoms with van der Waals surface area (Å²) in [6, 6.07) is 3.00. The van der Waals surface area contributed by atoms with E-state index in [-0.39, 0.29) is 11.2 Å². The SMILES string of the molecule is CN=C(NCc1ncccc1F)NCC1(CCOC)CCCC1. The minimum absolute atomic E-state index is 0.282. The van der Waals surface area contributed by atoms with Crippen LogP contribution in [0.15, 0.2) is 23.3 Å². The molecule has 128 valence electrons. The lowest BCUT2D eigenvalue weighted by atomic mass is 9.83. The Balaban J connectivity index is 1.85. The molecule has 5 nitrogen and oxygen atoms in total. The average molecular weight is 322 g/mol. The van der Waals surface area contributed by atoms with Crippen molar-refractivity contribution in [3.8, 4) is 0 Å². The fourth-order valence-corrected chi connectivity index (χ4v) is 3.17. The standard InChI is InChI=1S/C17H27FN4O/c1-19-16(21-12-15-14(18)6-5-10-20-15)22-13-17(9-11-23-2)7-3-4-8-17/h5-6,10H,3-4,7-9,11-13H2,1-2H3,(H2,19,21,22). The second-order valence-corrected chi connectivity index (χ2v) is 6.16. The molecule has 0 bridgehead atoms. The molecule has 23 heavy (non-hydrogen) atoms. The molecule has 0 aromatic carbocycles. The fourth-order valence-electron chi connectivity index (χ4n) is 3.17. The highest BCUT2D eigenvalue weighted by Crippen LogP contribution is 2.40. The summed E-state index contributed by atoms with van der Waals surface area (Å²) in [6.45, 7) is 1.96. The molecule has 0 unspecified atom stereocenters. The fraction of sp³-hybridized carbons (Fsp3) is 0.647. The number of hydrogen-bond acceptors (Lipinski definition) is 3. The topological polar surface area (TPSA) is 58.5 Å². The van der Waals surface area contributed by atoms with E-state index >= 15 is 0 Å². The Morgan fingerprint density at radius 3 is 2.83 bits per heavy atom. The second kappa shape index (κ2) is 8.82. The maximum atomic E-state index is 13.6. The molecule has 6 heteroatoms. The molecule has 0 atom stereocenters. The van der Waals surface area contributed by atoms with Gasteiger partial charge in [-0.1, -0.05) is 12.8 Å². The number of pyridine rings is 1. The van der Waals surface area contributed by atoms with Crippen LogP contribution >= 0.6 is 0 Å². The van der Waals surface area contributed by atoms with E-state index in [2.05, 4.69) is 20.6 Å². The van der Waals surface area contributed by atoms with E-state index in [0.717, 1.165) is 19.6 Å². The predicted molar refractivity (Wildman–Crippen MR) is 89.8 cm³/mol. The van der Waals surface area contributed by atoms with E-state index in [0.29, 0.717) is 18.2 Å². The van der Waals surface area contributed by atoms with Crippen molar-refractivity contribution in [3.63, 3.8) is 0 Å². The smallest absolute Gasteiger partial charge is 0.191 e. The van der Waals surface area contributed by atoms with Crippen LogP contribution in [-0.4, -0.2) is 38.3 Å². The molecule has 2 rings (SSSR count). The van der Waals surface area contributed by atoms with E-state index < -0.39 is 0 Å². The molecule has 2 N–H and O–H groups in total. The Kier molecular flexibility index (Phi) is 6.77. The van der Waals surface area contributed by atoms with Crippen molar-refractivity contribution in [2.75, 3.05) is 27.3 Å². The Labute approximate surface area is 137 Å². The molecule has 1 aliphatic rings. The van der Waals surface area contributed by atoms with Gasteiger partial charge in [0.15, 0.2) is 5.96 Å². The zero-order chi connectivity index (χ0) is 16.5. The van der Waals surface area contributed by atoms with Crippen LogP contribution in [0.2, 0.25) is 0 Å². The Morgan fingerprint density at radius 2 is 2.17 bits per heavy atom. The number of aromatic nitrogens is 1. The third-order valence-electron chi connectivity index (χ3n) is 4.61. The number of nitrogens with one attached hydrogen (secondary N) is 2. The van der Waals surface area contributed by atoms with Crippen LogP contribution in [0, 0.1) is 11.2 Å². The largest absolute Gasteiger partial charge is 0.385 e. The van der Waals surface area contributed by atoms with Crippen LogP contribution < -0.4 is 10.6 Å². The molecule has 1 saturated carbocycles. The lowest BCUT2D eigenvalue weighted by Crippen LogP contribution is -2.43. The van der Waals surface area contributed by atoms with E-state index in [1.54, 1.807) is 26.4 Å². The van der Waals surface area contributed by atoms with Gasteiger partial charge in [-0.3, -0.25) is 9.98 Å². The van der Waals surface area contributed by atoms with Crippen LogP contribution in [0.1, 0.15) is 37.8 Å². The summed E-state index contributed by atoms with van der Waals surface area (Å²) in [6.07, 6.45) is 7.63. The molecule has 0 amide bonds. The van der Waals surface area contributed by atoms with Gasteiger partial charge in [0, 0.05) is 33.5 Å². The van der Waals surface area contributed by atoms with Gasteiger partial charge in [0.25, 0.3) is 0 Å².